The van der Waals surface area contributed by atoms with Crippen LogP contribution in [-0.2, 0) is 70.7 Å². The van der Waals surface area contributed by atoms with Crippen LogP contribution >= 0.6 is 0 Å². The first-order chi connectivity index (χ1) is 43.5. The smallest absolute Gasteiger partial charge is 0.326 e. The number of Topliss-reactive ketones (excluding diaryl/α,β-unsaturated/α-hetero) is 3. The summed E-state index contributed by atoms with van der Waals surface area (Å²) in [6.45, 7) is 3.44. The topological polar surface area (TPSA) is 349 Å². The van der Waals surface area contributed by atoms with Gasteiger partial charge in [0, 0.05) is 83.0 Å². The first-order valence-corrected chi connectivity index (χ1v) is 35.5. The first-order valence-electron chi connectivity index (χ1n) is 33.8. The summed E-state index contributed by atoms with van der Waals surface area (Å²) in [6, 6.07) is 6.38. The molecule has 1 unspecified atom stereocenters. The van der Waals surface area contributed by atoms with Crippen molar-refractivity contribution in [3.63, 3.8) is 0 Å². The van der Waals surface area contributed by atoms with Crippen LogP contribution in [0.5, 0.6) is 0 Å². The summed E-state index contributed by atoms with van der Waals surface area (Å²) < 4.78 is 37.8. The maximum atomic E-state index is 12.7. The summed E-state index contributed by atoms with van der Waals surface area (Å²) >= 11 is 0. The number of hydrogen-bond acceptors (Lipinski definition) is 16. The molecular weight excluding hydrogens is 1180 g/mol. The molecule has 1 aromatic heterocycles. The lowest BCUT2D eigenvalue weighted by molar-refractivity contribution is -0.145. The SMILES string of the molecule is CCCCCc1ccc(C(=O)CCCNC(=O)COCCOCCCC(=O)CCC(NC(=O)CC[C@H](CC(=O)CCCCCCCCCCCNC(=O)CCCS(=O)(=O)NC(=O)CCCCCCCCCCCCCCCc2nn[nH]n2)C(=O)O)C(=O)O)cc1. The number of rotatable bonds is 62. The van der Waals surface area contributed by atoms with Crippen molar-refractivity contribution in [3.8, 4) is 0 Å². The second kappa shape index (κ2) is 52.6. The molecule has 4 amide bonds. The number of carbonyl (C=O) groups is 9. The number of aliphatic carboxylic acids is 2. The fourth-order valence-corrected chi connectivity index (χ4v) is 11.4. The van der Waals surface area contributed by atoms with Gasteiger partial charge in [0.05, 0.1) is 24.9 Å². The fourth-order valence-electron chi connectivity index (χ4n) is 10.3. The molecule has 0 radical (unpaired) electrons. The Balaban J connectivity index is 1.39. The molecule has 2 aromatic rings. The van der Waals surface area contributed by atoms with Crippen LogP contribution in [0.15, 0.2) is 24.3 Å². The van der Waals surface area contributed by atoms with Crippen molar-refractivity contribution >= 4 is 62.9 Å². The molecule has 0 aliphatic heterocycles. The van der Waals surface area contributed by atoms with Gasteiger partial charge in [0.25, 0.3) is 0 Å². The summed E-state index contributed by atoms with van der Waals surface area (Å²) in [5, 5.41) is 41.4. The molecule has 24 heteroatoms. The molecule has 23 nitrogen and oxygen atoms in total. The molecule has 0 aliphatic rings. The standard InChI is InChI=1S/C66H110N8O15S/c1-2-3-22-30-53-37-39-54(40-38-53)59(77)33-27-46-68-64(81)52-89-49-48-88-47-28-32-56(75)42-43-58(66(84)85)69-62(79)44-41-55(65(82)83)51-57(76)31-23-18-14-10-9-13-17-21-26-45-67-61(78)36-29-50-90(86,87)72-63(80)35-25-20-16-12-8-6-4-5-7-11-15-19-24-34-60-70-73-74-71-60/h37-40,55,58H,2-36,41-52H2,1H3,(H,67,78)(H,68,81)(H,69,79)(H,72,80)(H,82,83)(H,84,85)(H,70,71,73,74)/t55-,58?/m1/s1. The summed E-state index contributed by atoms with van der Waals surface area (Å²) in [4.78, 5) is 111. The molecule has 0 saturated heterocycles. The molecule has 510 valence electrons. The number of hydrogen-bond donors (Lipinski definition) is 7. The highest BCUT2D eigenvalue weighted by Crippen LogP contribution is 2.19. The van der Waals surface area contributed by atoms with Crippen molar-refractivity contribution in [2.45, 2.75) is 270 Å². The maximum absolute atomic E-state index is 12.7. The number of benzene rings is 1. The Bertz CT molecular complexity index is 2430. The van der Waals surface area contributed by atoms with E-state index in [9.17, 15) is 61.8 Å². The van der Waals surface area contributed by atoms with E-state index in [0.717, 1.165) is 109 Å². The average molecular weight is 1290 g/mol. The number of carboxylic acid groups (broad SMARTS) is 2. The Hall–Kier alpha value is -6.01. The van der Waals surface area contributed by atoms with E-state index in [1.807, 2.05) is 24.3 Å². The number of tetrazole rings is 1. The van der Waals surface area contributed by atoms with Crippen LogP contribution in [0, 0.1) is 5.92 Å². The Morgan fingerprint density at radius 1 is 0.511 bits per heavy atom. The Kier molecular flexibility index (Phi) is 46.8. The van der Waals surface area contributed by atoms with E-state index in [0.29, 0.717) is 50.8 Å². The zero-order valence-corrected chi connectivity index (χ0v) is 55.0. The highest BCUT2D eigenvalue weighted by molar-refractivity contribution is 7.90. The third-order valence-electron chi connectivity index (χ3n) is 15.7. The molecule has 0 saturated carbocycles. The van der Waals surface area contributed by atoms with Gasteiger partial charge in [-0.25, -0.2) is 13.2 Å². The van der Waals surface area contributed by atoms with E-state index in [2.05, 4.69) is 48.2 Å². The van der Waals surface area contributed by atoms with Gasteiger partial charge >= 0.3 is 11.9 Å². The minimum atomic E-state index is -3.80. The number of aryl methyl sites for hydroxylation is 2. The number of nitrogens with one attached hydrogen (secondary N) is 5. The van der Waals surface area contributed by atoms with Crippen LogP contribution in [0.3, 0.4) is 0 Å². The van der Waals surface area contributed by atoms with Gasteiger partial charge in [-0.2, -0.15) is 5.21 Å². The average Bonchev–Trinajstić information content (AvgIpc) is 3.62. The fraction of sp³-hybridized carbons (Fsp3) is 0.758. The van der Waals surface area contributed by atoms with Gasteiger partial charge in [0.2, 0.25) is 33.7 Å². The molecule has 0 spiro atoms. The quantitative estimate of drug-likeness (QED) is 0.0239. The van der Waals surface area contributed by atoms with E-state index in [4.69, 9.17) is 9.47 Å². The van der Waals surface area contributed by atoms with Crippen LogP contribution in [0.2, 0.25) is 0 Å². The summed E-state index contributed by atoms with van der Waals surface area (Å²) in [5.74, 6) is -5.26. The summed E-state index contributed by atoms with van der Waals surface area (Å²) in [7, 11) is -3.80. The van der Waals surface area contributed by atoms with Crippen molar-refractivity contribution < 1.29 is 71.3 Å². The molecule has 0 bridgehead atoms. The number of carbonyl (C=O) groups excluding carboxylic acids is 7. The number of nitrogens with zero attached hydrogens (tertiary/aromatic N) is 3. The Morgan fingerprint density at radius 2 is 1.07 bits per heavy atom. The number of H-pyrrole nitrogens is 1. The Morgan fingerprint density at radius 3 is 1.68 bits per heavy atom. The minimum absolute atomic E-state index is 0.0322. The van der Waals surface area contributed by atoms with Gasteiger partial charge in [-0.3, -0.25) is 43.1 Å². The predicted octanol–water partition coefficient (Wildman–Crippen LogP) is 10.1. The highest BCUT2D eigenvalue weighted by atomic mass is 32.2. The number of aromatic amines is 1. The highest BCUT2D eigenvalue weighted by Gasteiger charge is 2.25. The first kappa shape index (κ1) is 80.1. The van der Waals surface area contributed by atoms with Crippen molar-refractivity contribution in [1.82, 2.24) is 41.3 Å². The lowest BCUT2D eigenvalue weighted by Crippen LogP contribution is -2.41. The molecule has 7 N–H and O–H groups in total. The van der Waals surface area contributed by atoms with Gasteiger partial charge in [-0.1, -0.05) is 165 Å². The zero-order valence-electron chi connectivity index (χ0n) is 54.1. The van der Waals surface area contributed by atoms with E-state index in [1.54, 1.807) is 0 Å². The van der Waals surface area contributed by atoms with Gasteiger partial charge in [0.15, 0.2) is 11.6 Å². The molecule has 1 heterocycles. The number of sulfonamides is 1. The number of amides is 4. The van der Waals surface area contributed by atoms with E-state index >= 15 is 0 Å². The van der Waals surface area contributed by atoms with Gasteiger partial charge < -0.3 is 35.6 Å². The van der Waals surface area contributed by atoms with Crippen molar-refractivity contribution in [2.75, 3.05) is 45.3 Å². The number of ether oxygens (including phenoxy) is 2. The number of unbranched alkanes of at least 4 members (excludes halogenated alkanes) is 22. The van der Waals surface area contributed by atoms with E-state index in [-0.39, 0.29) is 126 Å². The van der Waals surface area contributed by atoms with E-state index in [1.165, 1.54) is 63.4 Å². The van der Waals surface area contributed by atoms with Crippen molar-refractivity contribution in [2.24, 2.45) is 5.92 Å². The minimum Gasteiger partial charge on any atom is -0.481 e. The summed E-state index contributed by atoms with van der Waals surface area (Å²) in [6.07, 6.45) is 29.0. The zero-order chi connectivity index (χ0) is 65.7. The second-order valence-corrected chi connectivity index (χ2v) is 25.6. The van der Waals surface area contributed by atoms with Crippen LogP contribution in [-0.4, -0.2) is 143 Å². The lowest BCUT2D eigenvalue weighted by atomic mass is 9.94. The van der Waals surface area contributed by atoms with Crippen molar-refractivity contribution in [3.05, 3.63) is 41.2 Å². The molecule has 1 aromatic carbocycles. The third-order valence-corrected chi connectivity index (χ3v) is 17.1. The van der Waals surface area contributed by atoms with Crippen molar-refractivity contribution in [1.29, 1.82) is 0 Å². The van der Waals surface area contributed by atoms with Crippen LogP contribution in [0.25, 0.3) is 0 Å². The predicted molar refractivity (Wildman–Crippen MR) is 344 cm³/mol. The third kappa shape index (κ3) is 45.3. The van der Waals surface area contributed by atoms with Crippen LogP contribution in [0.4, 0.5) is 0 Å². The maximum Gasteiger partial charge on any atom is 0.326 e. The largest absolute Gasteiger partial charge is 0.481 e. The van der Waals surface area contributed by atoms with E-state index < -0.39 is 45.7 Å². The number of carboxylic acids is 2. The molecule has 0 aliphatic carbocycles. The lowest BCUT2D eigenvalue weighted by Gasteiger charge is -2.16. The molecular formula is C66H110N8O15S. The number of aromatic nitrogens is 4. The molecule has 2 rings (SSSR count). The molecule has 0 fully saturated rings. The normalized spacial score (nSPS) is 12.1. The van der Waals surface area contributed by atoms with Gasteiger partial charge in [-0.15, -0.1) is 10.2 Å². The van der Waals surface area contributed by atoms with Gasteiger partial charge in [0.1, 0.15) is 24.2 Å². The Labute approximate surface area is 535 Å². The van der Waals surface area contributed by atoms with Crippen LogP contribution < -0.4 is 20.7 Å². The van der Waals surface area contributed by atoms with Crippen LogP contribution in [0.1, 0.15) is 273 Å². The number of ketones is 3. The summed E-state index contributed by atoms with van der Waals surface area (Å²) in [5.41, 5.74) is 1.89. The molecule has 2 atom stereocenters. The second-order valence-electron chi connectivity index (χ2n) is 23.8. The van der Waals surface area contributed by atoms with Gasteiger partial charge in [-0.05, 0) is 76.2 Å². The monoisotopic (exact) mass is 1290 g/mol. The molecule has 90 heavy (non-hydrogen) atoms.